The molecule has 48 heavy (non-hydrogen) atoms. The zero-order valence-corrected chi connectivity index (χ0v) is 28.2. The Morgan fingerprint density at radius 3 is 2.25 bits per heavy atom. The van der Waals surface area contributed by atoms with Crippen molar-refractivity contribution < 1.29 is 48.3 Å². The molecule has 0 aliphatic carbocycles. The summed E-state index contributed by atoms with van der Waals surface area (Å²) in [5, 5.41) is 20.1. The van der Waals surface area contributed by atoms with Crippen molar-refractivity contribution in [2.75, 3.05) is 27.0 Å². The number of likely N-dealkylation sites (tertiary alicyclic amines) is 1. The van der Waals surface area contributed by atoms with E-state index in [4.69, 9.17) is 46.9 Å². The van der Waals surface area contributed by atoms with Crippen molar-refractivity contribution in [1.29, 1.82) is 0 Å². The number of benzene rings is 3. The third kappa shape index (κ3) is 6.74. The van der Waals surface area contributed by atoms with Crippen molar-refractivity contribution in [3.8, 4) is 40.2 Å². The first-order valence-electron chi connectivity index (χ1n) is 15.0. The van der Waals surface area contributed by atoms with Crippen LogP contribution in [0.15, 0.2) is 36.4 Å². The average molecular weight is 699 g/mol. The molecule has 11 nitrogen and oxygen atoms in total. The van der Waals surface area contributed by atoms with Crippen LogP contribution in [-0.2, 0) is 9.53 Å². The quantitative estimate of drug-likeness (QED) is 0.122. The molecular weight excluding hydrogens is 665 g/mol. The Labute approximate surface area is 286 Å². The second-order valence-corrected chi connectivity index (χ2v) is 11.9. The Bertz CT molecular complexity index is 1860. The van der Waals surface area contributed by atoms with E-state index in [2.05, 4.69) is 0 Å². The van der Waals surface area contributed by atoms with Gasteiger partial charge in [0.25, 0.3) is 0 Å². The predicted molar refractivity (Wildman–Crippen MR) is 178 cm³/mol. The summed E-state index contributed by atoms with van der Waals surface area (Å²) >= 11 is 12.2. The molecule has 6 rings (SSSR count). The SMILES string of the molecule is COC(=O)c1c(C)c2c(c(C)c1O)OC(=O)c1c(C)c(Cl)c(O)c(Cl)c1O2.O=C(C=CC=Cc1ccc2c(c1)OCO2)N1CCCCC1. The number of esters is 2. The minimum Gasteiger partial charge on any atom is -0.507 e. The van der Waals surface area contributed by atoms with E-state index in [1.54, 1.807) is 12.2 Å². The van der Waals surface area contributed by atoms with E-state index in [0.717, 1.165) is 43.0 Å². The van der Waals surface area contributed by atoms with E-state index in [-0.39, 0.29) is 67.8 Å². The molecule has 0 unspecified atom stereocenters. The van der Waals surface area contributed by atoms with Crippen molar-refractivity contribution >= 4 is 47.1 Å². The van der Waals surface area contributed by atoms with Gasteiger partial charge < -0.3 is 38.8 Å². The highest BCUT2D eigenvalue weighted by Gasteiger charge is 2.35. The fraction of sp³-hybridized carbons (Fsp3) is 0.286. The molecule has 0 aromatic heterocycles. The molecule has 0 atom stereocenters. The van der Waals surface area contributed by atoms with Crippen molar-refractivity contribution in [2.45, 2.75) is 40.0 Å². The number of hydrogen-bond acceptors (Lipinski definition) is 10. The molecule has 1 saturated heterocycles. The topological polar surface area (TPSA) is 141 Å². The van der Waals surface area contributed by atoms with E-state index in [1.807, 2.05) is 35.3 Å². The largest absolute Gasteiger partial charge is 0.507 e. The summed E-state index contributed by atoms with van der Waals surface area (Å²) in [5.41, 5.74) is 1.29. The van der Waals surface area contributed by atoms with Gasteiger partial charge in [0, 0.05) is 30.3 Å². The number of phenolic OH excluding ortho intramolecular Hbond substituents is 2. The van der Waals surface area contributed by atoms with Gasteiger partial charge in [-0.05, 0) is 63.3 Å². The van der Waals surface area contributed by atoms with Crippen molar-refractivity contribution in [2.24, 2.45) is 0 Å². The first-order valence-corrected chi connectivity index (χ1v) is 15.8. The van der Waals surface area contributed by atoms with Crippen LogP contribution in [0.25, 0.3) is 6.08 Å². The van der Waals surface area contributed by atoms with Crippen LogP contribution < -0.4 is 18.9 Å². The fourth-order valence-corrected chi connectivity index (χ4v) is 5.89. The Balaban J connectivity index is 0.000000194. The van der Waals surface area contributed by atoms with Crippen molar-refractivity contribution in [3.63, 3.8) is 0 Å². The van der Waals surface area contributed by atoms with E-state index < -0.39 is 23.4 Å². The standard InChI is InChI=1S/C18H14Cl2O7.C17H19NO3/c1-5-9-16(11(20)13(22)10(5)19)26-14-6(2)8(17(23)25-4)12(21)7(3)15(14)27-18(9)24;19-17(18-10-4-1-5-11-18)7-3-2-6-14-8-9-15-16(12-14)21-13-20-15/h21-22H,1-4H3;2-3,6-9,12H,1,4-5,10-11,13H2. The zero-order chi connectivity index (χ0) is 34.7. The van der Waals surface area contributed by atoms with Crippen LogP contribution in [0.3, 0.4) is 0 Å². The number of piperidine rings is 1. The molecule has 0 saturated carbocycles. The lowest BCUT2D eigenvalue weighted by Gasteiger charge is -2.25. The summed E-state index contributed by atoms with van der Waals surface area (Å²) in [6, 6.07) is 5.79. The van der Waals surface area contributed by atoms with E-state index in [1.165, 1.54) is 34.3 Å². The molecule has 0 bridgehead atoms. The number of amides is 1. The van der Waals surface area contributed by atoms with Gasteiger partial charge in [-0.3, -0.25) is 4.79 Å². The summed E-state index contributed by atoms with van der Waals surface area (Å²) in [4.78, 5) is 38.6. The lowest BCUT2D eigenvalue weighted by molar-refractivity contribution is -0.126. The number of methoxy groups -OCH3 is 1. The molecule has 3 aliphatic heterocycles. The number of aromatic hydroxyl groups is 2. The zero-order valence-electron chi connectivity index (χ0n) is 26.6. The summed E-state index contributed by atoms with van der Waals surface area (Å²) in [6.45, 7) is 6.48. The smallest absolute Gasteiger partial charge is 0.347 e. The summed E-state index contributed by atoms with van der Waals surface area (Å²) in [7, 11) is 1.17. The van der Waals surface area contributed by atoms with Crippen molar-refractivity contribution in [3.05, 3.63) is 79.9 Å². The second kappa shape index (κ2) is 14.5. The van der Waals surface area contributed by atoms with E-state index >= 15 is 0 Å². The van der Waals surface area contributed by atoms with Crippen LogP contribution in [0.1, 0.15) is 62.2 Å². The van der Waals surface area contributed by atoms with Gasteiger partial charge in [0.15, 0.2) is 34.5 Å². The molecule has 3 heterocycles. The monoisotopic (exact) mass is 697 g/mol. The molecule has 3 aromatic carbocycles. The predicted octanol–water partition coefficient (Wildman–Crippen LogP) is 7.44. The van der Waals surface area contributed by atoms with Crippen molar-refractivity contribution in [1.82, 2.24) is 4.90 Å². The molecule has 3 aromatic rings. The molecule has 2 N–H and O–H groups in total. The third-order valence-electron chi connectivity index (χ3n) is 8.10. The summed E-state index contributed by atoms with van der Waals surface area (Å²) in [6.07, 6.45) is 10.7. The van der Waals surface area contributed by atoms with Crippen LogP contribution in [0.5, 0.6) is 40.2 Å². The Morgan fingerprint density at radius 2 is 1.54 bits per heavy atom. The Kier molecular flexibility index (Phi) is 10.4. The molecule has 0 spiro atoms. The van der Waals surface area contributed by atoms with Gasteiger partial charge in [0.1, 0.15) is 21.9 Å². The number of fused-ring (bicyclic) bond motifs is 3. The number of ether oxygens (including phenoxy) is 5. The van der Waals surface area contributed by atoms with Gasteiger partial charge in [-0.25, -0.2) is 9.59 Å². The average Bonchev–Trinajstić information content (AvgIpc) is 3.50. The number of nitrogens with zero attached hydrogens (tertiary/aromatic N) is 1. The minimum absolute atomic E-state index is 0.0131. The number of carbonyl (C=O) groups is 3. The first kappa shape index (κ1) is 34.5. The van der Waals surface area contributed by atoms with Crippen LogP contribution in [0, 0.1) is 20.8 Å². The van der Waals surface area contributed by atoms with Crippen LogP contribution >= 0.6 is 23.2 Å². The van der Waals surface area contributed by atoms with Crippen LogP contribution in [0.2, 0.25) is 10.0 Å². The number of hydrogen-bond donors (Lipinski definition) is 2. The third-order valence-corrected chi connectivity index (χ3v) is 8.91. The molecule has 252 valence electrons. The number of phenols is 2. The first-order chi connectivity index (χ1) is 22.9. The van der Waals surface area contributed by atoms with Gasteiger partial charge in [-0.15, -0.1) is 0 Å². The van der Waals surface area contributed by atoms with Gasteiger partial charge in [0.05, 0.1) is 12.1 Å². The molecule has 0 radical (unpaired) electrons. The van der Waals surface area contributed by atoms with Gasteiger partial charge in [-0.2, -0.15) is 0 Å². The number of halogens is 2. The van der Waals surface area contributed by atoms with Crippen LogP contribution in [-0.4, -0.2) is 60.0 Å². The van der Waals surface area contributed by atoms with Gasteiger partial charge in [0.2, 0.25) is 12.7 Å². The molecule has 1 fully saturated rings. The maximum absolute atomic E-state index is 12.7. The number of rotatable bonds is 4. The van der Waals surface area contributed by atoms with E-state index in [0.29, 0.717) is 0 Å². The normalized spacial score (nSPS) is 14.8. The highest BCUT2D eigenvalue weighted by atomic mass is 35.5. The second-order valence-electron chi connectivity index (χ2n) is 11.1. The van der Waals surface area contributed by atoms with Gasteiger partial charge in [-0.1, -0.05) is 47.5 Å². The Hall–Kier alpha value is -4.87. The minimum atomic E-state index is -0.835. The molecule has 3 aliphatic rings. The lowest BCUT2D eigenvalue weighted by atomic mass is 10.0. The molecular formula is C35H33Cl2NO10. The maximum Gasteiger partial charge on any atom is 0.347 e. The maximum atomic E-state index is 12.7. The lowest BCUT2D eigenvalue weighted by Crippen LogP contribution is -2.34. The molecule has 1 amide bonds. The van der Waals surface area contributed by atoms with Gasteiger partial charge >= 0.3 is 11.9 Å². The van der Waals surface area contributed by atoms with Crippen LogP contribution in [0.4, 0.5) is 0 Å². The van der Waals surface area contributed by atoms with E-state index in [9.17, 15) is 24.6 Å². The number of allylic oxidation sites excluding steroid dienone is 2. The highest BCUT2D eigenvalue weighted by molar-refractivity contribution is 6.39. The fourth-order valence-electron chi connectivity index (χ4n) is 5.42. The molecule has 13 heteroatoms. The highest BCUT2D eigenvalue weighted by Crippen LogP contribution is 2.52. The number of carbonyl (C=O) groups excluding carboxylic acids is 3. The Morgan fingerprint density at radius 1 is 0.854 bits per heavy atom. The summed E-state index contributed by atoms with van der Waals surface area (Å²) < 4.78 is 26.5. The summed E-state index contributed by atoms with van der Waals surface area (Å²) in [5.74, 6) is -1.08.